The third-order valence-electron chi connectivity index (χ3n) is 2.13. The fourth-order valence-corrected chi connectivity index (χ4v) is 2.04. The summed E-state index contributed by atoms with van der Waals surface area (Å²) >= 11 is 1.01. The van der Waals surface area contributed by atoms with E-state index in [1.165, 1.54) is 30.5 Å². The minimum absolute atomic E-state index is 0.0660. The molecule has 2 aromatic rings. The lowest BCUT2D eigenvalue weighted by molar-refractivity contribution is 0.0702. The Morgan fingerprint density at radius 1 is 1.29 bits per heavy atom. The maximum atomic E-state index is 12.3. The van der Waals surface area contributed by atoms with Crippen LogP contribution >= 0.6 is 11.3 Å². The molecular formula is C11H7F2NO2S. The highest BCUT2D eigenvalue weighted by atomic mass is 32.1. The third kappa shape index (κ3) is 2.47. The lowest BCUT2D eigenvalue weighted by Crippen LogP contribution is -1.89. The van der Waals surface area contributed by atoms with Gasteiger partial charge in [-0.3, -0.25) is 0 Å². The van der Waals surface area contributed by atoms with Crippen molar-refractivity contribution in [3.63, 3.8) is 0 Å². The number of aromatic nitrogens is 1. The van der Waals surface area contributed by atoms with Crippen molar-refractivity contribution in [3.05, 3.63) is 40.9 Å². The number of alkyl halides is 2. The van der Waals surface area contributed by atoms with Crippen LogP contribution in [0, 0.1) is 0 Å². The average Bonchev–Trinajstić information content (AvgIpc) is 2.78. The predicted molar refractivity (Wildman–Crippen MR) is 59.5 cm³/mol. The Balaban J connectivity index is 2.30. The lowest BCUT2D eigenvalue weighted by Gasteiger charge is -2.00. The van der Waals surface area contributed by atoms with Crippen LogP contribution in [0.1, 0.15) is 21.7 Å². The quantitative estimate of drug-likeness (QED) is 0.913. The minimum Gasteiger partial charge on any atom is -0.477 e. The summed E-state index contributed by atoms with van der Waals surface area (Å²) < 4.78 is 24.6. The summed E-state index contributed by atoms with van der Waals surface area (Å²) in [6, 6.07) is 5.63. The van der Waals surface area contributed by atoms with Gasteiger partial charge in [-0.2, -0.15) is 0 Å². The van der Waals surface area contributed by atoms with Crippen LogP contribution in [0.4, 0.5) is 8.78 Å². The van der Waals surface area contributed by atoms with Crippen LogP contribution in [0.3, 0.4) is 0 Å². The van der Waals surface area contributed by atoms with Crippen LogP contribution in [0.25, 0.3) is 10.6 Å². The highest BCUT2D eigenvalue weighted by Crippen LogP contribution is 2.27. The fraction of sp³-hybridized carbons (Fsp3) is 0.0909. The number of hydrogen-bond acceptors (Lipinski definition) is 3. The molecule has 0 spiro atoms. The van der Waals surface area contributed by atoms with Crippen LogP contribution in [0.5, 0.6) is 0 Å². The molecule has 0 saturated carbocycles. The number of carbonyl (C=O) groups is 1. The first-order valence-corrected chi connectivity index (χ1v) is 5.47. The van der Waals surface area contributed by atoms with Gasteiger partial charge in [-0.25, -0.2) is 18.6 Å². The van der Waals surface area contributed by atoms with Gasteiger partial charge in [0.25, 0.3) is 6.43 Å². The number of carboxylic acid groups (broad SMARTS) is 1. The number of carboxylic acids is 1. The average molecular weight is 255 g/mol. The zero-order chi connectivity index (χ0) is 12.4. The molecule has 0 fully saturated rings. The molecule has 1 heterocycles. The number of rotatable bonds is 3. The molecule has 1 aromatic carbocycles. The van der Waals surface area contributed by atoms with Crippen molar-refractivity contribution in [3.8, 4) is 10.6 Å². The fourth-order valence-electron chi connectivity index (χ4n) is 1.28. The smallest absolute Gasteiger partial charge is 0.347 e. The Kier molecular flexibility index (Phi) is 3.14. The van der Waals surface area contributed by atoms with Crippen LogP contribution in [-0.2, 0) is 0 Å². The van der Waals surface area contributed by atoms with Gasteiger partial charge in [-0.05, 0) is 0 Å². The molecule has 0 unspecified atom stereocenters. The molecule has 3 nitrogen and oxygen atoms in total. The number of hydrogen-bond donors (Lipinski definition) is 1. The van der Waals surface area contributed by atoms with Crippen molar-refractivity contribution in [2.75, 3.05) is 0 Å². The van der Waals surface area contributed by atoms with Gasteiger partial charge in [0.15, 0.2) is 0 Å². The Labute approximate surface area is 99.4 Å². The predicted octanol–water partition coefficient (Wildman–Crippen LogP) is 3.45. The molecule has 6 heteroatoms. The molecule has 0 amide bonds. The van der Waals surface area contributed by atoms with E-state index in [9.17, 15) is 13.6 Å². The van der Waals surface area contributed by atoms with Crippen molar-refractivity contribution in [2.24, 2.45) is 0 Å². The van der Waals surface area contributed by atoms with E-state index in [2.05, 4.69) is 4.98 Å². The summed E-state index contributed by atoms with van der Waals surface area (Å²) in [5.41, 5.74) is 0.565. The largest absolute Gasteiger partial charge is 0.477 e. The molecule has 0 aliphatic carbocycles. The van der Waals surface area contributed by atoms with Gasteiger partial charge in [0.05, 0.1) is 6.20 Å². The van der Waals surface area contributed by atoms with E-state index >= 15 is 0 Å². The number of benzene rings is 1. The van der Waals surface area contributed by atoms with Gasteiger partial charge in [0.2, 0.25) is 0 Å². The van der Waals surface area contributed by atoms with E-state index in [0.29, 0.717) is 10.6 Å². The zero-order valence-corrected chi connectivity index (χ0v) is 9.25. The molecule has 17 heavy (non-hydrogen) atoms. The summed E-state index contributed by atoms with van der Waals surface area (Å²) in [4.78, 5) is 14.7. The third-order valence-corrected chi connectivity index (χ3v) is 3.16. The van der Waals surface area contributed by atoms with Crippen molar-refractivity contribution in [2.45, 2.75) is 6.43 Å². The van der Waals surface area contributed by atoms with Gasteiger partial charge < -0.3 is 5.11 Å². The van der Waals surface area contributed by atoms with Crippen LogP contribution < -0.4 is 0 Å². The summed E-state index contributed by atoms with van der Waals surface area (Å²) in [5, 5.41) is 9.24. The molecule has 0 saturated heterocycles. The van der Waals surface area contributed by atoms with E-state index in [1.54, 1.807) is 0 Å². The first kappa shape index (κ1) is 11.7. The molecule has 88 valence electrons. The molecule has 0 atom stereocenters. The number of aromatic carboxylic acids is 1. The van der Waals surface area contributed by atoms with E-state index in [1.807, 2.05) is 0 Å². The second-order valence-electron chi connectivity index (χ2n) is 3.26. The topological polar surface area (TPSA) is 50.2 Å². The molecular weight excluding hydrogens is 248 g/mol. The first-order chi connectivity index (χ1) is 8.08. The number of nitrogens with zero attached hydrogens (tertiary/aromatic N) is 1. The minimum atomic E-state index is -2.50. The maximum absolute atomic E-state index is 12.3. The van der Waals surface area contributed by atoms with E-state index in [-0.39, 0.29) is 10.4 Å². The standard InChI is InChI=1S/C11H7F2NO2S/c12-9(13)6-1-3-7(4-2-6)10-14-5-8(17-10)11(15)16/h1-5,9H,(H,15,16). The molecule has 0 aliphatic rings. The van der Waals surface area contributed by atoms with Crippen molar-refractivity contribution in [1.82, 2.24) is 4.98 Å². The van der Waals surface area contributed by atoms with Crippen LogP contribution in [0.2, 0.25) is 0 Å². The Hall–Kier alpha value is -1.82. The Bertz CT molecular complexity index is 537. The molecule has 1 N–H and O–H groups in total. The normalized spacial score (nSPS) is 10.8. The summed E-state index contributed by atoms with van der Waals surface area (Å²) in [7, 11) is 0. The summed E-state index contributed by atoms with van der Waals surface area (Å²) in [5.74, 6) is -1.04. The van der Waals surface area contributed by atoms with Gasteiger partial charge in [-0.15, -0.1) is 11.3 Å². The van der Waals surface area contributed by atoms with Crippen LogP contribution in [0.15, 0.2) is 30.5 Å². The SMILES string of the molecule is O=C(O)c1cnc(-c2ccc(C(F)F)cc2)s1. The second kappa shape index (κ2) is 4.58. The zero-order valence-electron chi connectivity index (χ0n) is 8.43. The maximum Gasteiger partial charge on any atom is 0.347 e. The van der Waals surface area contributed by atoms with E-state index in [4.69, 9.17) is 5.11 Å². The van der Waals surface area contributed by atoms with Crippen molar-refractivity contribution in [1.29, 1.82) is 0 Å². The van der Waals surface area contributed by atoms with Crippen LogP contribution in [-0.4, -0.2) is 16.1 Å². The Morgan fingerprint density at radius 3 is 2.41 bits per heavy atom. The molecule has 0 radical (unpaired) electrons. The number of halogens is 2. The van der Waals surface area contributed by atoms with Gasteiger partial charge in [-0.1, -0.05) is 24.3 Å². The van der Waals surface area contributed by atoms with Crippen molar-refractivity contribution >= 4 is 17.3 Å². The molecule has 0 bridgehead atoms. The highest BCUT2D eigenvalue weighted by molar-refractivity contribution is 7.16. The first-order valence-electron chi connectivity index (χ1n) is 4.65. The lowest BCUT2D eigenvalue weighted by atomic mass is 10.1. The second-order valence-corrected chi connectivity index (χ2v) is 4.29. The monoisotopic (exact) mass is 255 g/mol. The summed E-state index contributed by atoms with van der Waals surface area (Å²) in [6.07, 6.45) is -1.25. The Morgan fingerprint density at radius 2 is 1.94 bits per heavy atom. The molecule has 0 aliphatic heterocycles. The summed E-state index contributed by atoms with van der Waals surface area (Å²) in [6.45, 7) is 0. The number of thiazole rings is 1. The molecule has 2 rings (SSSR count). The highest BCUT2D eigenvalue weighted by Gasteiger charge is 2.11. The van der Waals surface area contributed by atoms with Crippen molar-refractivity contribution < 1.29 is 18.7 Å². The van der Waals surface area contributed by atoms with E-state index in [0.717, 1.165) is 11.3 Å². The molecule has 1 aromatic heterocycles. The van der Waals surface area contributed by atoms with Gasteiger partial charge in [0, 0.05) is 11.1 Å². The van der Waals surface area contributed by atoms with Gasteiger partial charge >= 0.3 is 5.97 Å². The van der Waals surface area contributed by atoms with E-state index < -0.39 is 12.4 Å². The van der Waals surface area contributed by atoms with Gasteiger partial charge in [0.1, 0.15) is 9.88 Å².